The highest BCUT2D eigenvalue weighted by atomic mass is 16.5. The standard InChI is InChI=1S/C25H34O2/c1-6-27-22(26)17(2)14-18-15-21-20-12-13-24(5,23(20,3)4)25(21,16-18)19-10-8-7-9-11-19/h7-11,18,20-21H,2,6,12-16H2,1,3-5H3/t18-,20+,21+,24+,25-/m0/s1. The van der Waals surface area contributed by atoms with Crippen molar-refractivity contribution in [1.29, 1.82) is 0 Å². The van der Waals surface area contributed by atoms with Gasteiger partial charge in [0, 0.05) is 11.0 Å². The van der Waals surface area contributed by atoms with Gasteiger partial charge in [-0.25, -0.2) is 4.79 Å². The minimum absolute atomic E-state index is 0.210. The zero-order valence-electron chi connectivity index (χ0n) is 17.4. The molecule has 1 aromatic rings. The van der Waals surface area contributed by atoms with Crippen LogP contribution in [0.2, 0.25) is 0 Å². The van der Waals surface area contributed by atoms with Crippen molar-refractivity contribution in [3.05, 3.63) is 48.0 Å². The van der Waals surface area contributed by atoms with Gasteiger partial charge < -0.3 is 4.74 Å². The summed E-state index contributed by atoms with van der Waals surface area (Å²) < 4.78 is 5.19. The topological polar surface area (TPSA) is 26.3 Å². The van der Waals surface area contributed by atoms with Gasteiger partial charge in [-0.3, -0.25) is 0 Å². The Hall–Kier alpha value is -1.57. The van der Waals surface area contributed by atoms with E-state index < -0.39 is 0 Å². The molecule has 0 radical (unpaired) electrons. The van der Waals surface area contributed by atoms with Crippen LogP contribution >= 0.6 is 0 Å². The fraction of sp³-hybridized carbons (Fsp3) is 0.640. The first kappa shape index (κ1) is 18.8. The van der Waals surface area contributed by atoms with Crippen molar-refractivity contribution in [1.82, 2.24) is 0 Å². The number of esters is 1. The van der Waals surface area contributed by atoms with Crippen molar-refractivity contribution in [2.45, 2.75) is 65.2 Å². The normalized spacial score (nSPS) is 38.6. The molecule has 27 heavy (non-hydrogen) atoms. The number of hydrogen-bond donors (Lipinski definition) is 0. The minimum Gasteiger partial charge on any atom is -0.463 e. The molecule has 3 aliphatic rings. The second-order valence-corrected chi connectivity index (χ2v) is 9.98. The van der Waals surface area contributed by atoms with E-state index in [9.17, 15) is 4.79 Å². The van der Waals surface area contributed by atoms with E-state index in [0.29, 0.717) is 34.8 Å². The smallest absolute Gasteiger partial charge is 0.333 e. The Kier molecular flexibility index (Phi) is 4.33. The number of fused-ring (bicyclic) bond motifs is 5. The number of carbonyl (C=O) groups excluding carboxylic acids is 1. The molecule has 146 valence electrons. The molecule has 3 aliphatic carbocycles. The summed E-state index contributed by atoms with van der Waals surface area (Å²) in [5, 5.41) is 0. The molecule has 2 heteroatoms. The summed E-state index contributed by atoms with van der Waals surface area (Å²) in [6.45, 7) is 13.9. The van der Waals surface area contributed by atoms with Crippen molar-refractivity contribution in [3.63, 3.8) is 0 Å². The lowest BCUT2D eigenvalue weighted by atomic mass is 9.54. The molecule has 0 spiro atoms. The molecule has 4 rings (SSSR count). The van der Waals surface area contributed by atoms with Crippen LogP contribution < -0.4 is 0 Å². The maximum absolute atomic E-state index is 12.1. The summed E-state index contributed by atoms with van der Waals surface area (Å²) >= 11 is 0. The van der Waals surface area contributed by atoms with E-state index in [1.54, 1.807) is 0 Å². The second-order valence-electron chi connectivity index (χ2n) is 9.98. The van der Waals surface area contributed by atoms with Gasteiger partial charge in [-0.15, -0.1) is 0 Å². The predicted molar refractivity (Wildman–Crippen MR) is 109 cm³/mol. The molecule has 2 nitrogen and oxygen atoms in total. The van der Waals surface area contributed by atoms with Crippen LogP contribution in [-0.4, -0.2) is 12.6 Å². The van der Waals surface area contributed by atoms with E-state index in [4.69, 9.17) is 4.74 Å². The summed E-state index contributed by atoms with van der Waals surface area (Å²) in [5.74, 6) is 1.82. The minimum atomic E-state index is -0.210. The Balaban J connectivity index is 1.69. The zero-order valence-corrected chi connectivity index (χ0v) is 17.4. The van der Waals surface area contributed by atoms with E-state index >= 15 is 0 Å². The van der Waals surface area contributed by atoms with Crippen molar-refractivity contribution in [3.8, 4) is 0 Å². The van der Waals surface area contributed by atoms with Crippen molar-refractivity contribution in [2.24, 2.45) is 28.6 Å². The van der Waals surface area contributed by atoms with Crippen LogP contribution in [0.1, 0.15) is 65.4 Å². The average Bonchev–Trinajstić information content (AvgIpc) is 3.17. The van der Waals surface area contributed by atoms with E-state index in [0.717, 1.165) is 12.3 Å². The number of rotatable bonds is 5. The Bertz CT molecular complexity index is 749. The van der Waals surface area contributed by atoms with Gasteiger partial charge in [-0.1, -0.05) is 57.7 Å². The number of hydrogen-bond acceptors (Lipinski definition) is 2. The van der Waals surface area contributed by atoms with E-state index in [1.807, 2.05) is 6.92 Å². The first-order valence-electron chi connectivity index (χ1n) is 10.7. The molecule has 0 aromatic heterocycles. The molecule has 0 heterocycles. The van der Waals surface area contributed by atoms with Crippen molar-refractivity contribution in [2.75, 3.05) is 6.61 Å². The summed E-state index contributed by atoms with van der Waals surface area (Å²) in [6.07, 6.45) is 5.86. The second kappa shape index (κ2) is 6.22. The molecule has 3 saturated carbocycles. The lowest BCUT2D eigenvalue weighted by Gasteiger charge is -2.50. The van der Waals surface area contributed by atoms with Crippen molar-refractivity contribution >= 4 is 5.97 Å². The van der Waals surface area contributed by atoms with Crippen LogP contribution in [0.5, 0.6) is 0 Å². The van der Waals surface area contributed by atoms with E-state index in [-0.39, 0.29) is 11.4 Å². The quantitative estimate of drug-likeness (QED) is 0.478. The molecule has 0 N–H and O–H groups in total. The van der Waals surface area contributed by atoms with Gasteiger partial charge in [0.15, 0.2) is 0 Å². The van der Waals surface area contributed by atoms with Crippen LogP contribution in [0, 0.1) is 28.6 Å². The molecule has 0 amide bonds. The molecule has 2 bridgehead atoms. The Morgan fingerprint density at radius 2 is 1.89 bits per heavy atom. The van der Waals surface area contributed by atoms with E-state index in [1.165, 1.54) is 31.2 Å². The highest BCUT2D eigenvalue weighted by molar-refractivity contribution is 5.87. The van der Waals surface area contributed by atoms with Gasteiger partial charge in [0.2, 0.25) is 0 Å². The highest BCUT2D eigenvalue weighted by Gasteiger charge is 2.75. The SMILES string of the molecule is C=C(C[C@H]1C[C@@H]2[C@H]3CC[C@](C)(C3(C)C)[C@]2(c2ccccc2)C1)C(=O)OCC. The maximum Gasteiger partial charge on any atom is 0.333 e. The molecule has 5 atom stereocenters. The fourth-order valence-corrected chi connectivity index (χ4v) is 7.64. The largest absolute Gasteiger partial charge is 0.463 e. The lowest BCUT2D eigenvalue weighted by molar-refractivity contribution is -0.138. The summed E-state index contributed by atoms with van der Waals surface area (Å²) in [4.78, 5) is 12.1. The molecule has 1 aromatic carbocycles. The van der Waals surface area contributed by atoms with Crippen LogP contribution in [0.4, 0.5) is 0 Å². The van der Waals surface area contributed by atoms with Gasteiger partial charge in [0.25, 0.3) is 0 Å². The fourth-order valence-electron chi connectivity index (χ4n) is 7.64. The van der Waals surface area contributed by atoms with Gasteiger partial charge in [-0.05, 0) is 73.2 Å². The third-order valence-corrected chi connectivity index (χ3v) is 8.99. The Morgan fingerprint density at radius 3 is 2.56 bits per heavy atom. The molecular formula is C25H34O2. The van der Waals surface area contributed by atoms with Crippen LogP contribution in [0.15, 0.2) is 42.5 Å². The average molecular weight is 367 g/mol. The number of carbonyl (C=O) groups is 1. The molecule has 0 saturated heterocycles. The summed E-state index contributed by atoms with van der Waals surface area (Å²) in [6, 6.07) is 11.3. The van der Waals surface area contributed by atoms with Gasteiger partial charge >= 0.3 is 5.97 Å². The lowest BCUT2D eigenvalue weighted by Crippen LogP contribution is -2.46. The summed E-state index contributed by atoms with van der Waals surface area (Å²) in [5.41, 5.74) is 3.10. The molecular weight excluding hydrogens is 332 g/mol. The third kappa shape index (κ3) is 2.34. The number of ether oxygens (including phenoxy) is 1. The Morgan fingerprint density at radius 1 is 1.19 bits per heavy atom. The van der Waals surface area contributed by atoms with Gasteiger partial charge in [0.05, 0.1) is 6.61 Å². The van der Waals surface area contributed by atoms with Crippen LogP contribution in [0.25, 0.3) is 0 Å². The monoisotopic (exact) mass is 366 g/mol. The van der Waals surface area contributed by atoms with Crippen LogP contribution in [-0.2, 0) is 14.9 Å². The molecule has 0 unspecified atom stereocenters. The molecule has 3 fully saturated rings. The maximum atomic E-state index is 12.1. The first-order valence-corrected chi connectivity index (χ1v) is 10.7. The van der Waals surface area contributed by atoms with Crippen LogP contribution in [0.3, 0.4) is 0 Å². The first-order chi connectivity index (χ1) is 12.8. The van der Waals surface area contributed by atoms with Crippen molar-refractivity contribution < 1.29 is 9.53 Å². The predicted octanol–water partition coefficient (Wildman–Crippen LogP) is 5.92. The van der Waals surface area contributed by atoms with Gasteiger partial charge in [-0.2, -0.15) is 0 Å². The third-order valence-electron chi connectivity index (χ3n) is 8.99. The highest BCUT2D eigenvalue weighted by Crippen LogP contribution is 2.80. The number of benzene rings is 1. The van der Waals surface area contributed by atoms with Gasteiger partial charge in [0.1, 0.15) is 0 Å². The Labute approximate surface area is 164 Å². The van der Waals surface area contributed by atoms with E-state index in [2.05, 4.69) is 57.7 Å². The molecule has 0 aliphatic heterocycles. The summed E-state index contributed by atoms with van der Waals surface area (Å²) in [7, 11) is 0. The zero-order chi connectivity index (χ0) is 19.4.